The molecule has 0 unspecified atom stereocenters. The molecule has 0 saturated carbocycles. The Kier molecular flexibility index (Phi) is 4.75. The quantitative estimate of drug-likeness (QED) is 0.212. The maximum Gasteiger partial charge on any atom is 0.127 e. The third kappa shape index (κ3) is 3.39. The first kappa shape index (κ1) is 20.9. The van der Waals surface area contributed by atoms with E-state index in [9.17, 15) is 20.4 Å². The van der Waals surface area contributed by atoms with Crippen LogP contribution in [0.2, 0.25) is 0 Å². The van der Waals surface area contributed by atoms with Crippen LogP contribution in [0.25, 0.3) is 32.3 Å². The van der Waals surface area contributed by atoms with E-state index in [0.29, 0.717) is 10.8 Å². The zero-order valence-electron chi connectivity index (χ0n) is 18.7. The minimum Gasteiger partial charge on any atom is -0.508 e. The lowest BCUT2D eigenvalue weighted by atomic mass is 9.79. The molecule has 6 aromatic carbocycles. The zero-order valence-corrected chi connectivity index (χ0v) is 18.7. The van der Waals surface area contributed by atoms with E-state index in [0.717, 1.165) is 38.2 Å². The van der Waals surface area contributed by atoms with E-state index in [-0.39, 0.29) is 28.9 Å². The number of hydrogen-bond donors (Lipinski definition) is 4. The molecule has 4 N–H and O–H groups in total. The Labute approximate surface area is 201 Å². The first-order valence-electron chi connectivity index (χ1n) is 11.4. The van der Waals surface area contributed by atoms with Crippen molar-refractivity contribution in [1.82, 2.24) is 0 Å². The monoisotopic (exact) mass is 458 g/mol. The summed E-state index contributed by atoms with van der Waals surface area (Å²) >= 11 is 0. The van der Waals surface area contributed by atoms with Gasteiger partial charge in [-0.25, -0.2) is 0 Å². The predicted molar refractivity (Wildman–Crippen MR) is 139 cm³/mol. The van der Waals surface area contributed by atoms with Gasteiger partial charge >= 0.3 is 0 Å². The Hall–Kier alpha value is -4.70. The average molecular weight is 459 g/mol. The summed E-state index contributed by atoms with van der Waals surface area (Å²) < 4.78 is 0. The minimum atomic E-state index is -0.323. The van der Waals surface area contributed by atoms with Crippen molar-refractivity contribution < 1.29 is 20.4 Å². The highest BCUT2D eigenvalue weighted by atomic mass is 16.3. The molecule has 35 heavy (non-hydrogen) atoms. The maximum absolute atomic E-state index is 10.6. The lowest BCUT2D eigenvalue weighted by molar-refractivity contribution is 0.454. The van der Waals surface area contributed by atoms with Crippen LogP contribution < -0.4 is 0 Å². The molecule has 6 aromatic rings. The Bertz CT molecular complexity index is 1660. The molecular weight excluding hydrogens is 436 g/mol. The van der Waals surface area contributed by atoms with Crippen LogP contribution in [-0.4, -0.2) is 20.4 Å². The molecule has 0 aliphatic heterocycles. The standard InChI is InChI=1S/C31H22O4/c32-19-14-27-22(29(34)16-19)9-4-12-25(27)31(24-11-3-7-18-6-1-2-8-21(18)24)26-13-5-10-23-28(26)15-20(33)17-30(23)35/h1-17,31-35H. The van der Waals surface area contributed by atoms with E-state index in [2.05, 4.69) is 24.3 Å². The molecule has 0 fully saturated rings. The van der Waals surface area contributed by atoms with Crippen molar-refractivity contribution in [2.45, 2.75) is 5.92 Å². The van der Waals surface area contributed by atoms with Crippen molar-refractivity contribution in [2.75, 3.05) is 0 Å². The van der Waals surface area contributed by atoms with Crippen LogP contribution in [0.5, 0.6) is 23.0 Å². The molecule has 6 rings (SSSR count). The van der Waals surface area contributed by atoms with Gasteiger partial charge in [-0.3, -0.25) is 0 Å². The molecule has 0 aliphatic carbocycles. The van der Waals surface area contributed by atoms with Crippen LogP contribution >= 0.6 is 0 Å². The Morgan fingerprint density at radius 3 is 1.40 bits per heavy atom. The van der Waals surface area contributed by atoms with Crippen LogP contribution in [-0.2, 0) is 0 Å². The van der Waals surface area contributed by atoms with Crippen molar-refractivity contribution in [3.63, 3.8) is 0 Å². The summed E-state index contributed by atoms with van der Waals surface area (Å²) in [6.45, 7) is 0. The summed E-state index contributed by atoms with van der Waals surface area (Å²) in [5.74, 6) is -0.353. The second-order valence-electron chi connectivity index (χ2n) is 8.82. The fraction of sp³-hybridized carbons (Fsp3) is 0.0323. The van der Waals surface area contributed by atoms with Crippen molar-refractivity contribution in [2.24, 2.45) is 0 Å². The number of phenols is 4. The minimum absolute atomic E-state index is 0.00623. The molecule has 0 heterocycles. The van der Waals surface area contributed by atoms with Crippen LogP contribution in [0.15, 0.2) is 103 Å². The third-order valence-corrected chi connectivity index (χ3v) is 6.74. The molecule has 0 aromatic heterocycles. The molecule has 170 valence electrons. The molecule has 4 nitrogen and oxygen atoms in total. The number of hydrogen-bond acceptors (Lipinski definition) is 4. The molecule has 0 bridgehead atoms. The van der Waals surface area contributed by atoms with Gasteiger partial charge in [-0.05, 0) is 50.4 Å². The second-order valence-corrected chi connectivity index (χ2v) is 8.82. The number of aromatic hydroxyl groups is 4. The molecule has 0 radical (unpaired) electrons. The van der Waals surface area contributed by atoms with Gasteiger partial charge in [0.15, 0.2) is 0 Å². The van der Waals surface area contributed by atoms with Gasteiger partial charge in [0, 0.05) is 28.8 Å². The van der Waals surface area contributed by atoms with Crippen molar-refractivity contribution in [3.8, 4) is 23.0 Å². The van der Waals surface area contributed by atoms with E-state index >= 15 is 0 Å². The molecule has 0 aliphatic rings. The van der Waals surface area contributed by atoms with Gasteiger partial charge in [0.05, 0.1) is 0 Å². The van der Waals surface area contributed by atoms with Gasteiger partial charge in [0.1, 0.15) is 23.0 Å². The summed E-state index contributed by atoms with van der Waals surface area (Å²) in [5, 5.41) is 46.8. The molecule has 0 saturated heterocycles. The lowest BCUT2D eigenvalue weighted by Crippen LogP contribution is -2.06. The fourth-order valence-corrected chi connectivity index (χ4v) is 5.26. The number of rotatable bonds is 3. The molecular formula is C31H22O4. The van der Waals surface area contributed by atoms with Gasteiger partial charge in [-0.1, -0.05) is 78.9 Å². The molecule has 0 spiro atoms. The summed E-state index contributed by atoms with van der Waals surface area (Å²) in [7, 11) is 0. The summed E-state index contributed by atoms with van der Waals surface area (Å²) in [6.07, 6.45) is 0. The summed E-state index contributed by atoms with van der Waals surface area (Å²) in [6, 6.07) is 31.8. The molecule has 0 atom stereocenters. The van der Waals surface area contributed by atoms with E-state index in [1.54, 1.807) is 12.1 Å². The van der Waals surface area contributed by atoms with Gasteiger partial charge in [-0.2, -0.15) is 0 Å². The van der Waals surface area contributed by atoms with Crippen molar-refractivity contribution in [1.29, 1.82) is 0 Å². The molecule has 0 amide bonds. The second kappa shape index (κ2) is 7.96. The lowest BCUT2D eigenvalue weighted by Gasteiger charge is -2.24. The fourth-order valence-electron chi connectivity index (χ4n) is 5.26. The van der Waals surface area contributed by atoms with Gasteiger partial charge < -0.3 is 20.4 Å². The smallest absolute Gasteiger partial charge is 0.127 e. The largest absolute Gasteiger partial charge is 0.508 e. The van der Waals surface area contributed by atoms with Gasteiger partial charge in [-0.15, -0.1) is 0 Å². The predicted octanol–water partition coefficient (Wildman–Crippen LogP) is 7.15. The van der Waals surface area contributed by atoms with Crippen LogP contribution in [0, 0.1) is 0 Å². The highest BCUT2D eigenvalue weighted by molar-refractivity contribution is 5.98. The zero-order chi connectivity index (χ0) is 24.1. The number of fused-ring (bicyclic) bond motifs is 3. The van der Waals surface area contributed by atoms with Crippen molar-refractivity contribution in [3.05, 3.63) is 120 Å². The summed E-state index contributed by atoms with van der Waals surface area (Å²) in [5.41, 5.74) is 2.81. The first-order valence-corrected chi connectivity index (χ1v) is 11.4. The highest BCUT2D eigenvalue weighted by Crippen LogP contribution is 2.45. The van der Waals surface area contributed by atoms with E-state index in [1.165, 1.54) is 12.1 Å². The average Bonchev–Trinajstić information content (AvgIpc) is 2.85. The van der Waals surface area contributed by atoms with Crippen molar-refractivity contribution >= 4 is 32.3 Å². The SMILES string of the molecule is Oc1cc(O)c2cccc(C(c3cccc4ccccc34)c3cccc4c(O)cc(O)cc34)c2c1. The first-order chi connectivity index (χ1) is 17.0. The topological polar surface area (TPSA) is 80.9 Å². The Balaban J connectivity index is 1.78. The van der Waals surface area contributed by atoms with E-state index < -0.39 is 0 Å². The molecule has 4 heteroatoms. The Morgan fingerprint density at radius 1 is 0.400 bits per heavy atom. The van der Waals surface area contributed by atoms with Crippen LogP contribution in [0.4, 0.5) is 0 Å². The third-order valence-electron chi connectivity index (χ3n) is 6.74. The Morgan fingerprint density at radius 2 is 0.829 bits per heavy atom. The van der Waals surface area contributed by atoms with E-state index in [4.69, 9.17) is 0 Å². The van der Waals surface area contributed by atoms with Gasteiger partial charge in [0.25, 0.3) is 0 Å². The normalized spacial score (nSPS) is 11.6. The number of phenolic OH excluding ortho intramolecular Hbond substituents is 4. The van der Waals surface area contributed by atoms with E-state index in [1.807, 2.05) is 54.6 Å². The van der Waals surface area contributed by atoms with Crippen LogP contribution in [0.1, 0.15) is 22.6 Å². The van der Waals surface area contributed by atoms with Gasteiger partial charge in [0.2, 0.25) is 0 Å². The number of benzene rings is 6. The highest BCUT2D eigenvalue weighted by Gasteiger charge is 2.24. The maximum atomic E-state index is 10.6. The van der Waals surface area contributed by atoms with Crippen LogP contribution in [0.3, 0.4) is 0 Å². The summed E-state index contributed by atoms with van der Waals surface area (Å²) in [4.78, 5) is 0.